The lowest BCUT2D eigenvalue weighted by Crippen LogP contribution is -2.53. The minimum absolute atomic E-state index is 0.0734. The second kappa shape index (κ2) is 5.32. The van der Waals surface area contributed by atoms with Crippen LogP contribution in [0.1, 0.15) is 52.4 Å². The summed E-state index contributed by atoms with van der Waals surface area (Å²) in [4.78, 5) is 23.0. The maximum atomic E-state index is 11.9. The Morgan fingerprint density at radius 2 is 2.06 bits per heavy atom. The molecule has 1 aliphatic rings. The first kappa shape index (κ1) is 13.0. The summed E-state index contributed by atoms with van der Waals surface area (Å²) in [5.74, 6) is -1.27. The molecular formula is C12H21NO3. The van der Waals surface area contributed by atoms with Gasteiger partial charge in [-0.15, -0.1) is 0 Å². The van der Waals surface area contributed by atoms with Crippen molar-refractivity contribution >= 4 is 11.9 Å². The molecule has 1 amide bonds. The third-order valence-corrected chi connectivity index (χ3v) is 3.42. The van der Waals surface area contributed by atoms with Crippen molar-refractivity contribution in [1.82, 2.24) is 5.32 Å². The van der Waals surface area contributed by atoms with Gasteiger partial charge in [0.05, 0.1) is 0 Å². The van der Waals surface area contributed by atoms with E-state index in [1.165, 1.54) is 0 Å². The summed E-state index contributed by atoms with van der Waals surface area (Å²) < 4.78 is 0. The Balaban J connectivity index is 2.47. The zero-order chi connectivity index (χ0) is 12.2. The van der Waals surface area contributed by atoms with Crippen molar-refractivity contribution in [2.45, 2.75) is 58.4 Å². The fourth-order valence-electron chi connectivity index (χ4n) is 2.01. The fourth-order valence-corrected chi connectivity index (χ4v) is 2.01. The van der Waals surface area contributed by atoms with Crippen LogP contribution in [0.25, 0.3) is 0 Å². The van der Waals surface area contributed by atoms with Gasteiger partial charge in [-0.3, -0.25) is 9.59 Å². The van der Waals surface area contributed by atoms with Crippen molar-refractivity contribution < 1.29 is 14.7 Å². The summed E-state index contributed by atoms with van der Waals surface area (Å²) in [6, 6.07) is 0.0734. The summed E-state index contributed by atoms with van der Waals surface area (Å²) in [5, 5.41) is 11.9. The standard InChI is InChI=1S/C12H21NO3/c1-3-4-6-9(2)13-10(14)12(11(15)16)7-5-8-12/h9H,3-8H2,1-2H3,(H,13,14)(H,15,16). The predicted octanol–water partition coefficient (Wildman–Crippen LogP) is 1.94. The highest BCUT2D eigenvalue weighted by atomic mass is 16.4. The largest absolute Gasteiger partial charge is 0.480 e. The van der Waals surface area contributed by atoms with Gasteiger partial charge in [0.15, 0.2) is 0 Å². The number of aliphatic carboxylic acids is 1. The molecule has 1 unspecified atom stereocenters. The lowest BCUT2D eigenvalue weighted by molar-refractivity contribution is -0.162. The van der Waals surface area contributed by atoms with Crippen molar-refractivity contribution in [3.63, 3.8) is 0 Å². The normalized spacial score (nSPS) is 19.6. The van der Waals surface area contributed by atoms with E-state index in [0.717, 1.165) is 25.7 Å². The van der Waals surface area contributed by atoms with Gasteiger partial charge < -0.3 is 10.4 Å². The van der Waals surface area contributed by atoms with E-state index in [1.54, 1.807) is 0 Å². The second-order valence-corrected chi connectivity index (χ2v) is 4.76. The van der Waals surface area contributed by atoms with Crippen LogP contribution in [-0.4, -0.2) is 23.0 Å². The molecule has 0 heterocycles. The number of unbranched alkanes of at least 4 members (excludes halogenated alkanes) is 1. The van der Waals surface area contributed by atoms with E-state index in [1.807, 2.05) is 6.92 Å². The average Bonchev–Trinajstić information content (AvgIpc) is 2.11. The molecule has 0 saturated heterocycles. The van der Waals surface area contributed by atoms with Crippen molar-refractivity contribution in [2.75, 3.05) is 0 Å². The first-order valence-corrected chi connectivity index (χ1v) is 6.07. The molecule has 92 valence electrons. The summed E-state index contributed by atoms with van der Waals surface area (Å²) in [6.45, 7) is 4.03. The molecule has 0 bridgehead atoms. The molecule has 1 atom stereocenters. The van der Waals surface area contributed by atoms with Gasteiger partial charge >= 0.3 is 5.97 Å². The van der Waals surface area contributed by atoms with Gasteiger partial charge in [0.1, 0.15) is 5.41 Å². The molecule has 0 spiro atoms. The van der Waals surface area contributed by atoms with Gasteiger partial charge in [0, 0.05) is 6.04 Å². The van der Waals surface area contributed by atoms with Gasteiger partial charge in [0.2, 0.25) is 5.91 Å². The Kier molecular flexibility index (Phi) is 4.33. The molecule has 0 radical (unpaired) electrons. The summed E-state index contributed by atoms with van der Waals surface area (Å²) >= 11 is 0. The Morgan fingerprint density at radius 1 is 1.44 bits per heavy atom. The molecule has 0 aromatic carbocycles. The van der Waals surface area contributed by atoms with Crippen LogP contribution < -0.4 is 5.32 Å². The van der Waals surface area contributed by atoms with Gasteiger partial charge in [-0.05, 0) is 26.2 Å². The molecule has 4 nitrogen and oxygen atoms in total. The molecule has 1 fully saturated rings. The van der Waals surface area contributed by atoms with Gasteiger partial charge in [-0.2, -0.15) is 0 Å². The molecular weight excluding hydrogens is 206 g/mol. The van der Waals surface area contributed by atoms with Gasteiger partial charge in [0.25, 0.3) is 0 Å². The monoisotopic (exact) mass is 227 g/mol. The van der Waals surface area contributed by atoms with E-state index >= 15 is 0 Å². The lowest BCUT2D eigenvalue weighted by atomic mass is 9.68. The predicted molar refractivity (Wildman–Crippen MR) is 61.0 cm³/mol. The molecule has 0 aromatic heterocycles. The number of hydrogen-bond acceptors (Lipinski definition) is 2. The van der Waals surface area contributed by atoms with E-state index in [2.05, 4.69) is 12.2 Å². The maximum absolute atomic E-state index is 11.9. The van der Waals surface area contributed by atoms with Crippen LogP contribution in [0.4, 0.5) is 0 Å². The average molecular weight is 227 g/mol. The molecule has 0 aliphatic heterocycles. The van der Waals surface area contributed by atoms with Crippen LogP contribution >= 0.6 is 0 Å². The number of carbonyl (C=O) groups is 2. The summed E-state index contributed by atoms with van der Waals surface area (Å²) in [7, 11) is 0. The zero-order valence-electron chi connectivity index (χ0n) is 10.1. The van der Waals surface area contributed by atoms with Crippen molar-refractivity contribution in [3.05, 3.63) is 0 Å². The third-order valence-electron chi connectivity index (χ3n) is 3.42. The van der Waals surface area contributed by atoms with Crippen LogP contribution in [0.15, 0.2) is 0 Å². The second-order valence-electron chi connectivity index (χ2n) is 4.76. The van der Waals surface area contributed by atoms with Crippen molar-refractivity contribution in [3.8, 4) is 0 Å². The Bertz CT molecular complexity index is 271. The molecule has 16 heavy (non-hydrogen) atoms. The zero-order valence-corrected chi connectivity index (χ0v) is 10.1. The molecule has 4 heteroatoms. The minimum Gasteiger partial charge on any atom is -0.480 e. The Labute approximate surface area is 96.4 Å². The molecule has 0 aromatic rings. The molecule has 2 N–H and O–H groups in total. The Hall–Kier alpha value is -1.06. The van der Waals surface area contributed by atoms with E-state index in [0.29, 0.717) is 12.8 Å². The van der Waals surface area contributed by atoms with Gasteiger partial charge in [-0.25, -0.2) is 0 Å². The number of carboxylic acids is 1. The lowest BCUT2D eigenvalue weighted by Gasteiger charge is -2.36. The fraction of sp³-hybridized carbons (Fsp3) is 0.833. The molecule has 1 saturated carbocycles. The van der Waals surface area contributed by atoms with Crippen LogP contribution in [0.3, 0.4) is 0 Å². The molecule has 1 aliphatic carbocycles. The first-order chi connectivity index (χ1) is 7.53. The number of nitrogens with one attached hydrogen (secondary N) is 1. The van der Waals surface area contributed by atoms with E-state index in [4.69, 9.17) is 5.11 Å². The maximum Gasteiger partial charge on any atom is 0.319 e. The Morgan fingerprint density at radius 3 is 2.44 bits per heavy atom. The number of hydrogen-bond donors (Lipinski definition) is 2. The number of rotatable bonds is 6. The van der Waals surface area contributed by atoms with Crippen LogP contribution in [0.5, 0.6) is 0 Å². The number of carboxylic acid groups (broad SMARTS) is 1. The summed E-state index contributed by atoms with van der Waals surface area (Å²) in [5.41, 5.74) is -1.12. The number of carbonyl (C=O) groups excluding carboxylic acids is 1. The van der Waals surface area contributed by atoms with Crippen LogP contribution in [-0.2, 0) is 9.59 Å². The summed E-state index contributed by atoms with van der Waals surface area (Å²) in [6.07, 6.45) is 4.86. The van der Waals surface area contributed by atoms with Crippen molar-refractivity contribution in [2.24, 2.45) is 5.41 Å². The highest BCUT2D eigenvalue weighted by molar-refractivity contribution is 6.02. The third kappa shape index (κ3) is 2.54. The number of amides is 1. The van der Waals surface area contributed by atoms with Gasteiger partial charge in [-0.1, -0.05) is 26.2 Å². The van der Waals surface area contributed by atoms with Crippen LogP contribution in [0, 0.1) is 5.41 Å². The van der Waals surface area contributed by atoms with E-state index < -0.39 is 11.4 Å². The van der Waals surface area contributed by atoms with Crippen LogP contribution in [0.2, 0.25) is 0 Å². The quantitative estimate of drug-likeness (QED) is 0.681. The topological polar surface area (TPSA) is 66.4 Å². The highest BCUT2D eigenvalue weighted by Crippen LogP contribution is 2.41. The minimum atomic E-state index is -1.12. The smallest absolute Gasteiger partial charge is 0.319 e. The van der Waals surface area contributed by atoms with E-state index in [9.17, 15) is 9.59 Å². The SMILES string of the molecule is CCCCC(C)NC(=O)C1(C(=O)O)CCC1. The van der Waals surface area contributed by atoms with E-state index in [-0.39, 0.29) is 11.9 Å². The highest BCUT2D eigenvalue weighted by Gasteiger charge is 2.51. The molecule has 1 rings (SSSR count). The van der Waals surface area contributed by atoms with Crippen molar-refractivity contribution in [1.29, 1.82) is 0 Å². The first-order valence-electron chi connectivity index (χ1n) is 6.07.